The molecule has 120 valence electrons. The summed E-state index contributed by atoms with van der Waals surface area (Å²) in [5, 5.41) is 19.2. The zero-order valence-corrected chi connectivity index (χ0v) is 13.9. The Bertz CT molecular complexity index is 514. The van der Waals surface area contributed by atoms with Gasteiger partial charge in [0.15, 0.2) is 5.17 Å². The molecule has 1 aromatic carbocycles. The van der Waals surface area contributed by atoms with Gasteiger partial charge in [-0.3, -0.25) is 10.3 Å². The Morgan fingerprint density at radius 2 is 1.91 bits per heavy atom. The molecule has 1 saturated heterocycles. The normalized spacial score (nSPS) is 15.6. The van der Waals surface area contributed by atoms with Crippen LogP contribution in [-0.4, -0.2) is 58.8 Å². The average Bonchev–Trinajstić information content (AvgIpc) is 2.48. The molecular formula is C14H21N5OS2. The van der Waals surface area contributed by atoms with Crippen molar-refractivity contribution in [2.45, 2.75) is 0 Å². The van der Waals surface area contributed by atoms with Gasteiger partial charge in [0.25, 0.3) is 0 Å². The van der Waals surface area contributed by atoms with Crippen molar-refractivity contribution in [3.05, 3.63) is 24.3 Å². The second kappa shape index (κ2) is 8.33. The zero-order valence-electron chi connectivity index (χ0n) is 12.3. The van der Waals surface area contributed by atoms with E-state index in [0.717, 1.165) is 50.2 Å². The Kier molecular flexibility index (Phi) is 6.44. The number of aliphatic hydroxyl groups excluding tert-OH is 1. The largest absolute Gasteiger partial charge is 0.395 e. The number of nitrogens with two attached hydrogens (primary N) is 1. The highest BCUT2D eigenvalue weighted by molar-refractivity contribution is 8.33. The monoisotopic (exact) mass is 339 g/mol. The summed E-state index contributed by atoms with van der Waals surface area (Å²) >= 11 is 6.13. The minimum Gasteiger partial charge on any atom is -0.395 e. The lowest BCUT2D eigenvalue weighted by atomic mass is 10.2. The lowest BCUT2D eigenvalue weighted by Crippen LogP contribution is -2.47. The molecule has 6 nitrogen and oxygen atoms in total. The molecule has 0 radical (unpaired) electrons. The number of nitrogens with one attached hydrogen (secondary N) is 2. The SMILES string of the molecule is N=C(N)SC(=S)Nc1ccc(N2CCN(CCO)CC2)cc1. The fourth-order valence-electron chi connectivity index (χ4n) is 2.37. The Hall–Kier alpha value is -1.35. The van der Waals surface area contributed by atoms with Crippen LogP contribution in [0.2, 0.25) is 0 Å². The van der Waals surface area contributed by atoms with Crippen LogP contribution in [0, 0.1) is 5.41 Å². The molecule has 8 heteroatoms. The third-order valence-corrected chi connectivity index (χ3v) is 4.33. The number of piperazine rings is 1. The first kappa shape index (κ1) is 17.0. The van der Waals surface area contributed by atoms with Gasteiger partial charge < -0.3 is 21.1 Å². The van der Waals surface area contributed by atoms with Crippen molar-refractivity contribution in [3.63, 3.8) is 0 Å². The standard InChI is InChI=1S/C14H21N5OS2/c15-13(16)22-14(21)17-11-1-3-12(4-2-11)19-7-5-18(6-8-19)9-10-20/h1-4,20H,5-10H2,(H3,15,16)(H,17,21). The van der Waals surface area contributed by atoms with Gasteiger partial charge in [-0.05, 0) is 36.0 Å². The van der Waals surface area contributed by atoms with E-state index < -0.39 is 0 Å². The van der Waals surface area contributed by atoms with Crippen molar-refractivity contribution in [1.29, 1.82) is 5.41 Å². The number of thioether (sulfide) groups is 1. The lowest BCUT2D eigenvalue weighted by molar-refractivity contribution is 0.189. The van der Waals surface area contributed by atoms with E-state index in [1.807, 2.05) is 12.1 Å². The van der Waals surface area contributed by atoms with Crippen molar-refractivity contribution < 1.29 is 5.11 Å². The Morgan fingerprint density at radius 1 is 1.27 bits per heavy atom. The molecule has 5 N–H and O–H groups in total. The lowest BCUT2D eigenvalue weighted by Gasteiger charge is -2.35. The summed E-state index contributed by atoms with van der Waals surface area (Å²) < 4.78 is 0.470. The molecule has 2 rings (SSSR count). The highest BCUT2D eigenvalue weighted by Gasteiger charge is 2.16. The van der Waals surface area contributed by atoms with E-state index in [1.165, 1.54) is 5.69 Å². The summed E-state index contributed by atoms with van der Waals surface area (Å²) in [5.41, 5.74) is 7.36. The molecular weight excluding hydrogens is 318 g/mol. The predicted octanol–water partition coefficient (Wildman–Crippen LogP) is 1.12. The van der Waals surface area contributed by atoms with E-state index in [1.54, 1.807) is 0 Å². The summed E-state index contributed by atoms with van der Waals surface area (Å²) in [6, 6.07) is 8.07. The van der Waals surface area contributed by atoms with Crippen molar-refractivity contribution in [2.24, 2.45) is 5.73 Å². The minimum atomic E-state index is -0.0186. The molecule has 0 atom stereocenters. The summed E-state index contributed by atoms with van der Waals surface area (Å²) in [6.45, 7) is 4.84. The maximum atomic E-state index is 8.96. The number of aliphatic hydroxyl groups is 1. The van der Waals surface area contributed by atoms with Crippen LogP contribution < -0.4 is 16.0 Å². The molecule has 0 spiro atoms. The molecule has 22 heavy (non-hydrogen) atoms. The van der Waals surface area contributed by atoms with Crippen molar-refractivity contribution in [1.82, 2.24) is 4.90 Å². The van der Waals surface area contributed by atoms with Gasteiger partial charge in [0, 0.05) is 44.1 Å². The molecule has 1 fully saturated rings. The van der Waals surface area contributed by atoms with E-state index in [2.05, 4.69) is 27.2 Å². The molecule has 0 unspecified atom stereocenters. The number of amidine groups is 1. The predicted molar refractivity (Wildman–Crippen MR) is 97.9 cm³/mol. The van der Waals surface area contributed by atoms with Gasteiger partial charge in [-0.25, -0.2) is 0 Å². The second-order valence-corrected chi connectivity index (χ2v) is 6.70. The molecule has 1 heterocycles. The molecule has 0 saturated carbocycles. The van der Waals surface area contributed by atoms with Crippen molar-refractivity contribution >= 4 is 44.8 Å². The Labute approximate surface area is 140 Å². The number of β-amino-alcohol motifs (C(OH)–C–C–N with tert-alkyl or cyclic N) is 1. The van der Waals surface area contributed by atoms with Crippen molar-refractivity contribution in [2.75, 3.05) is 49.5 Å². The van der Waals surface area contributed by atoms with Crippen LogP contribution in [0.25, 0.3) is 0 Å². The number of hydrogen-bond donors (Lipinski definition) is 4. The van der Waals surface area contributed by atoms with Gasteiger partial charge >= 0.3 is 0 Å². The van der Waals surface area contributed by atoms with Crippen LogP contribution >= 0.6 is 24.0 Å². The third kappa shape index (κ3) is 5.13. The van der Waals surface area contributed by atoms with E-state index in [9.17, 15) is 0 Å². The first-order chi connectivity index (χ1) is 10.6. The average molecular weight is 339 g/mol. The van der Waals surface area contributed by atoms with E-state index in [0.29, 0.717) is 4.32 Å². The van der Waals surface area contributed by atoms with Crippen LogP contribution in [0.4, 0.5) is 11.4 Å². The van der Waals surface area contributed by atoms with E-state index in [4.69, 9.17) is 28.5 Å². The maximum Gasteiger partial charge on any atom is 0.158 e. The third-order valence-electron chi connectivity index (χ3n) is 3.47. The number of hydrogen-bond acceptors (Lipinski definition) is 6. The number of thiocarbonyl (C=S) groups is 1. The van der Waals surface area contributed by atoms with Gasteiger partial charge in [-0.15, -0.1) is 0 Å². The van der Waals surface area contributed by atoms with Crippen LogP contribution in [-0.2, 0) is 0 Å². The highest BCUT2D eigenvalue weighted by atomic mass is 32.2. The minimum absolute atomic E-state index is 0.0186. The van der Waals surface area contributed by atoms with Gasteiger partial charge in [-0.1, -0.05) is 12.2 Å². The van der Waals surface area contributed by atoms with Crippen LogP contribution in [0.15, 0.2) is 24.3 Å². The Balaban J connectivity index is 1.87. The number of nitrogens with zero attached hydrogens (tertiary/aromatic N) is 2. The van der Waals surface area contributed by atoms with Gasteiger partial charge in [0.2, 0.25) is 0 Å². The smallest absolute Gasteiger partial charge is 0.158 e. The fraction of sp³-hybridized carbons (Fsp3) is 0.429. The Morgan fingerprint density at radius 3 is 2.45 bits per heavy atom. The molecule has 0 bridgehead atoms. The summed E-state index contributed by atoms with van der Waals surface area (Å²) in [4.78, 5) is 4.60. The van der Waals surface area contributed by atoms with Crippen LogP contribution in [0.3, 0.4) is 0 Å². The first-order valence-electron chi connectivity index (χ1n) is 7.09. The maximum absolute atomic E-state index is 8.96. The van der Waals surface area contributed by atoms with Gasteiger partial charge in [-0.2, -0.15) is 0 Å². The van der Waals surface area contributed by atoms with E-state index >= 15 is 0 Å². The quantitative estimate of drug-likeness (QED) is 0.371. The number of benzene rings is 1. The molecule has 0 amide bonds. The van der Waals surface area contributed by atoms with Crippen LogP contribution in [0.1, 0.15) is 0 Å². The number of anilines is 2. The fourth-order valence-corrected chi connectivity index (χ4v) is 3.13. The zero-order chi connectivity index (χ0) is 15.9. The molecule has 0 aliphatic carbocycles. The second-order valence-electron chi connectivity index (χ2n) is 4.98. The molecule has 1 aliphatic heterocycles. The number of rotatable bonds is 4. The first-order valence-corrected chi connectivity index (χ1v) is 8.32. The molecule has 1 aliphatic rings. The van der Waals surface area contributed by atoms with E-state index in [-0.39, 0.29) is 11.8 Å². The topological polar surface area (TPSA) is 88.6 Å². The summed E-state index contributed by atoms with van der Waals surface area (Å²) in [7, 11) is 0. The summed E-state index contributed by atoms with van der Waals surface area (Å²) in [6.07, 6.45) is 0. The highest BCUT2D eigenvalue weighted by Crippen LogP contribution is 2.20. The van der Waals surface area contributed by atoms with Gasteiger partial charge in [0.05, 0.1) is 6.61 Å². The molecule has 1 aromatic rings. The van der Waals surface area contributed by atoms with Crippen molar-refractivity contribution in [3.8, 4) is 0 Å². The summed E-state index contributed by atoms with van der Waals surface area (Å²) in [5.74, 6) is 0. The molecule has 0 aromatic heterocycles. The van der Waals surface area contributed by atoms with Crippen LogP contribution in [0.5, 0.6) is 0 Å². The van der Waals surface area contributed by atoms with Gasteiger partial charge in [0.1, 0.15) is 4.32 Å².